The van der Waals surface area contributed by atoms with Gasteiger partial charge in [0, 0.05) is 5.69 Å². The number of hydrogen-bond acceptors (Lipinski definition) is 4. The molecule has 1 atom stereocenters. The van der Waals surface area contributed by atoms with Gasteiger partial charge in [-0.3, -0.25) is 9.59 Å². The van der Waals surface area contributed by atoms with Crippen molar-refractivity contribution in [3.05, 3.63) is 30.3 Å². The lowest BCUT2D eigenvalue weighted by molar-refractivity contribution is -0.139. The van der Waals surface area contributed by atoms with Gasteiger partial charge < -0.3 is 20.6 Å². The molecule has 2 aliphatic rings. The van der Waals surface area contributed by atoms with Gasteiger partial charge in [-0.05, 0) is 43.7 Å². The van der Waals surface area contributed by atoms with Crippen LogP contribution in [0, 0.1) is 0 Å². The second kappa shape index (κ2) is 7.14. The molecule has 0 saturated carbocycles. The van der Waals surface area contributed by atoms with Gasteiger partial charge in [-0.1, -0.05) is 18.2 Å². The van der Waals surface area contributed by atoms with Crippen LogP contribution in [-0.4, -0.2) is 41.2 Å². The molecule has 0 radical (unpaired) electrons. The SMILES string of the molecule is O=C(O)C1CCCN1.O=C1CN(c2ccccc2)C(=S)N1. The van der Waals surface area contributed by atoms with Gasteiger partial charge in [0.05, 0.1) is 0 Å². The fraction of sp³-hybridized carbons (Fsp3) is 0.357. The van der Waals surface area contributed by atoms with Crippen LogP contribution >= 0.6 is 12.2 Å². The highest BCUT2D eigenvalue weighted by molar-refractivity contribution is 7.80. The Morgan fingerprint density at radius 2 is 2.05 bits per heavy atom. The summed E-state index contributed by atoms with van der Waals surface area (Å²) in [4.78, 5) is 22.9. The van der Waals surface area contributed by atoms with Gasteiger partial charge in [0.15, 0.2) is 5.11 Å². The third-order valence-corrected chi connectivity index (χ3v) is 3.54. The summed E-state index contributed by atoms with van der Waals surface area (Å²) in [7, 11) is 0. The number of rotatable bonds is 2. The lowest BCUT2D eigenvalue weighted by Crippen LogP contribution is -2.29. The van der Waals surface area contributed by atoms with Crippen LogP contribution in [0.4, 0.5) is 5.69 Å². The van der Waals surface area contributed by atoms with Crippen molar-refractivity contribution in [1.29, 1.82) is 0 Å². The molecule has 1 unspecified atom stereocenters. The molecular weight excluding hydrogens is 290 g/mol. The maximum Gasteiger partial charge on any atom is 0.320 e. The molecule has 0 spiro atoms. The van der Waals surface area contributed by atoms with Crippen LogP contribution < -0.4 is 15.5 Å². The average Bonchev–Trinajstić information content (AvgIpc) is 3.10. The Morgan fingerprint density at radius 1 is 1.33 bits per heavy atom. The number of hydrogen-bond donors (Lipinski definition) is 3. The van der Waals surface area contributed by atoms with E-state index < -0.39 is 5.97 Å². The molecule has 2 aliphatic heterocycles. The van der Waals surface area contributed by atoms with Crippen molar-refractivity contribution in [3.63, 3.8) is 0 Å². The topological polar surface area (TPSA) is 81.7 Å². The molecule has 2 saturated heterocycles. The second-order valence-corrected chi connectivity index (χ2v) is 5.15. The van der Waals surface area contributed by atoms with Gasteiger partial charge in [-0.25, -0.2) is 0 Å². The number of amides is 1. The van der Waals surface area contributed by atoms with E-state index in [0.29, 0.717) is 11.7 Å². The summed E-state index contributed by atoms with van der Waals surface area (Å²) in [5.41, 5.74) is 0.950. The summed E-state index contributed by atoms with van der Waals surface area (Å²) in [6.45, 7) is 1.18. The van der Waals surface area contributed by atoms with Crippen LogP contribution in [0.3, 0.4) is 0 Å². The second-order valence-electron chi connectivity index (χ2n) is 4.76. The molecule has 7 heteroatoms. The van der Waals surface area contributed by atoms with E-state index >= 15 is 0 Å². The standard InChI is InChI=1S/C9H8N2OS.C5H9NO2/c12-8-6-11(9(13)10-8)7-4-2-1-3-5-7;7-5(8)4-2-1-3-6-4/h1-5H,6H2,(H,10,12,13);4,6H,1-3H2,(H,7,8). The van der Waals surface area contributed by atoms with Gasteiger partial charge >= 0.3 is 5.97 Å². The number of carboxylic acid groups (broad SMARTS) is 1. The summed E-state index contributed by atoms with van der Waals surface area (Å²) in [6.07, 6.45) is 1.78. The summed E-state index contributed by atoms with van der Waals surface area (Å²) in [5.74, 6) is -0.767. The molecule has 112 valence electrons. The zero-order chi connectivity index (χ0) is 15.2. The van der Waals surface area contributed by atoms with Crippen LogP contribution in [0.2, 0.25) is 0 Å². The van der Waals surface area contributed by atoms with Gasteiger partial charge in [-0.15, -0.1) is 0 Å². The van der Waals surface area contributed by atoms with E-state index in [1.54, 1.807) is 4.90 Å². The number of para-hydroxylation sites is 1. The highest BCUT2D eigenvalue weighted by Gasteiger charge is 2.24. The van der Waals surface area contributed by atoms with Crippen LogP contribution in [0.25, 0.3) is 0 Å². The van der Waals surface area contributed by atoms with Crippen LogP contribution in [0.15, 0.2) is 30.3 Å². The summed E-state index contributed by atoms with van der Waals surface area (Å²) >= 11 is 4.99. The Hall–Kier alpha value is -1.99. The van der Waals surface area contributed by atoms with Crippen LogP contribution in [0.1, 0.15) is 12.8 Å². The highest BCUT2D eigenvalue weighted by atomic mass is 32.1. The molecule has 0 bridgehead atoms. The third-order valence-electron chi connectivity index (χ3n) is 3.22. The van der Waals surface area contributed by atoms with Gasteiger partial charge in [0.25, 0.3) is 0 Å². The molecule has 0 aliphatic carbocycles. The minimum atomic E-state index is -0.720. The van der Waals surface area contributed by atoms with Gasteiger partial charge in [0.1, 0.15) is 12.6 Å². The summed E-state index contributed by atoms with van der Waals surface area (Å²) < 4.78 is 0. The van der Waals surface area contributed by atoms with Crippen LogP contribution in [0.5, 0.6) is 0 Å². The molecule has 3 rings (SSSR count). The van der Waals surface area contributed by atoms with Gasteiger partial charge in [-0.2, -0.15) is 0 Å². The van der Waals surface area contributed by atoms with Crippen LogP contribution in [-0.2, 0) is 9.59 Å². The number of carboxylic acids is 1. The number of nitrogens with one attached hydrogen (secondary N) is 2. The van der Waals surface area contributed by atoms with E-state index in [4.69, 9.17) is 17.3 Å². The molecule has 6 nitrogen and oxygen atoms in total. The lowest BCUT2D eigenvalue weighted by atomic mass is 10.2. The Bertz CT molecular complexity index is 530. The predicted molar refractivity (Wildman–Crippen MR) is 83.2 cm³/mol. The first-order valence-corrected chi connectivity index (χ1v) is 7.11. The largest absolute Gasteiger partial charge is 0.480 e. The molecular formula is C14H17N3O3S. The van der Waals surface area contributed by atoms with E-state index in [-0.39, 0.29) is 11.9 Å². The molecule has 2 heterocycles. The number of carbonyl (C=O) groups excluding carboxylic acids is 1. The zero-order valence-electron chi connectivity index (χ0n) is 11.4. The molecule has 2 fully saturated rings. The van der Waals surface area contributed by atoms with Crippen molar-refractivity contribution < 1.29 is 14.7 Å². The minimum absolute atomic E-state index is 0.0474. The first-order chi connectivity index (χ1) is 10.1. The molecule has 3 N–H and O–H groups in total. The van der Waals surface area contributed by atoms with E-state index in [9.17, 15) is 9.59 Å². The quantitative estimate of drug-likeness (QED) is 0.699. The third kappa shape index (κ3) is 4.24. The number of aliphatic carboxylic acids is 1. The van der Waals surface area contributed by atoms with E-state index in [1.165, 1.54) is 0 Å². The maximum atomic E-state index is 11.0. The Kier molecular flexibility index (Phi) is 5.24. The van der Waals surface area contributed by atoms with Crippen molar-refractivity contribution in [2.24, 2.45) is 0 Å². The Morgan fingerprint density at radius 3 is 2.48 bits per heavy atom. The minimum Gasteiger partial charge on any atom is -0.480 e. The molecule has 21 heavy (non-hydrogen) atoms. The first-order valence-electron chi connectivity index (χ1n) is 6.70. The maximum absolute atomic E-state index is 11.0. The molecule has 0 aromatic heterocycles. The highest BCUT2D eigenvalue weighted by Crippen LogP contribution is 2.15. The van der Waals surface area contributed by atoms with Crippen molar-refractivity contribution in [2.45, 2.75) is 18.9 Å². The summed E-state index contributed by atoms with van der Waals surface area (Å²) in [5, 5.41) is 14.3. The molecule has 1 aromatic rings. The summed E-state index contributed by atoms with van der Waals surface area (Å²) in [6, 6.07) is 9.34. The number of thiocarbonyl (C=S) groups is 1. The monoisotopic (exact) mass is 307 g/mol. The number of carbonyl (C=O) groups is 2. The fourth-order valence-electron chi connectivity index (χ4n) is 2.15. The Balaban J connectivity index is 0.000000173. The fourth-order valence-corrected chi connectivity index (χ4v) is 2.44. The van der Waals surface area contributed by atoms with E-state index in [1.807, 2.05) is 30.3 Å². The smallest absolute Gasteiger partial charge is 0.320 e. The average molecular weight is 307 g/mol. The molecule has 1 aromatic carbocycles. The normalized spacial score (nSPS) is 20.8. The lowest BCUT2D eigenvalue weighted by Gasteiger charge is -2.14. The first kappa shape index (κ1) is 15.4. The van der Waals surface area contributed by atoms with E-state index in [0.717, 1.165) is 25.1 Å². The number of nitrogens with zero attached hydrogens (tertiary/aromatic N) is 1. The van der Waals surface area contributed by atoms with Crippen molar-refractivity contribution in [1.82, 2.24) is 10.6 Å². The zero-order valence-corrected chi connectivity index (χ0v) is 12.2. The van der Waals surface area contributed by atoms with Crippen molar-refractivity contribution in [3.8, 4) is 0 Å². The van der Waals surface area contributed by atoms with Gasteiger partial charge in [0.2, 0.25) is 5.91 Å². The number of benzene rings is 1. The molecule has 1 amide bonds. The number of anilines is 1. The predicted octanol–water partition coefficient (Wildman–Crippen LogP) is 0.731. The van der Waals surface area contributed by atoms with Crippen molar-refractivity contribution in [2.75, 3.05) is 18.0 Å². The van der Waals surface area contributed by atoms with Crippen molar-refractivity contribution >= 4 is 34.9 Å². The van der Waals surface area contributed by atoms with E-state index in [2.05, 4.69) is 10.6 Å². The Labute approximate surface area is 128 Å².